The van der Waals surface area contributed by atoms with Crippen LogP contribution in [0.2, 0.25) is 0 Å². The number of aliphatic carboxylic acids is 1. The largest absolute Gasteiger partial charge is 0.481 e. The molecular formula is C19H32O3S. The maximum Gasteiger partial charge on any atom is 0.304 e. The second kappa shape index (κ2) is 19.0. The number of carbonyl (C=O) groups is 1. The number of thioether (sulfide) groups is 1. The lowest BCUT2D eigenvalue weighted by atomic mass is 10.2. The van der Waals surface area contributed by atoms with Crippen LogP contribution in [0.5, 0.6) is 0 Å². The normalized spacial score (nSPS) is 12.0. The van der Waals surface area contributed by atoms with Crippen molar-refractivity contribution in [1.82, 2.24) is 0 Å². The third-order valence-corrected chi connectivity index (χ3v) is 4.05. The van der Waals surface area contributed by atoms with Crippen LogP contribution in [-0.2, 0) is 9.53 Å². The summed E-state index contributed by atoms with van der Waals surface area (Å²) in [5.41, 5.74) is 0. The second-order valence-corrected chi connectivity index (χ2v) is 6.44. The first kappa shape index (κ1) is 22.0. The first-order valence-electron chi connectivity index (χ1n) is 8.59. The molecule has 1 N–H and O–H groups in total. The highest BCUT2D eigenvalue weighted by molar-refractivity contribution is 7.99. The first-order chi connectivity index (χ1) is 11.3. The summed E-state index contributed by atoms with van der Waals surface area (Å²) in [6, 6.07) is 0. The molecule has 0 heterocycles. The van der Waals surface area contributed by atoms with Gasteiger partial charge < -0.3 is 9.84 Å². The van der Waals surface area contributed by atoms with E-state index in [0.717, 1.165) is 56.8 Å². The van der Waals surface area contributed by atoms with Gasteiger partial charge in [0.25, 0.3) is 0 Å². The van der Waals surface area contributed by atoms with E-state index in [0.29, 0.717) is 0 Å². The molecule has 0 amide bonds. The third kappa shape index (κ3) is 21.0. The molecule has 0 bridgehead atoms. The molecule has 0 saturated heterocycles. The summed E-state index contributed by atoms with van der Waals surface area (Å²) in [5, 5.41) is 8.51. The van der Waals surface area contributed by atoms with E-state index < -0.39 is 5.97 Å². The molecule has 0 fully saturated rings. The molecular weight excluding hydrogens is 308 g/mol. The van der Waals surface area contributed by atoms with Crippen LogP contribution in [-0.4, -0.2) is 35.8 Å². The molecule has 0 rings (SSSR count). The van der Waals surface area contributed by atoms with Crippen LogP contribution in [0.25, 0.3) is 0 Å². The van der Waals surface area contributed by atoms with Crippen molar-refractivity contribution in [1.29, 1.82) is 0 Å². The summed E-state index contributed by atoms with van der Waals surface area (Å²) >= 11 is 1.74. The Morgan fingerprint density at radius 3 is 2.39 bits per heavy atom. The zero-order valence-electron chi connectivity index (χ0n) is 14.4. The van der Waals surface area contributed by atoms with Crippen LogP contribution in [0.3, 0.4) is 0 Å². The van der Waals surface area contributed by atoms with E-state index in [1.165, 1.54) is 6.42 Å². The van der Waals surface area contributed by atoms with E-state index in [1.807, 2.05) is 0 Å². The molecule has 0 spiro atoms. The monoisotopic (exact) mass is 340 g/mol. The fourth-order valence-corrected chi connectivity index (χ4v) is 2.68. The first-order valence-corrected chi connectivity index (χ1v) is 9.75. The van der Waals surface area contributed by atoms with E-state index in [-0.39, 0.29) is 6.42 Å². The predicted molar refractivity (Wildman–Crippen MR) is 101 cm³/mol. The minimum atomic E-state index is -0.700. The van der Waals surface area contributed by atoms with Gasteiger partial charge in [0.1, 0.15) is 0 Å². The van der Waals surface area contributed by atoms with E-state index in [1.54, 1.807) is 11.8 Å². The van der Waals surface area contributed by atoms with Gasteiger partial charge in [0.15, 0.2) is 0 Å². The average Bonchev–Trinajstić information content (AvgIpc) is 2.53. The maximum atomic E-state index is 10.3. The third-order valence-electron chi connectivity index (χ3n) is 2.98. The molecule has 0 aliphatic heterocycles. The molecule has 132 valence electrons. The van der Waals surface area contributed by atoms with Gasteiger partial charge in [-0.2, -0.15) is 11.8 Å². The topological polar surface area (TPSA) is 46.5 Å². The van der Waals surface area contributed by atoms with E-state index in [4.69, 9.17) is 9.84 Å². The zero-order valence-corrected chi connectivity index (χ0v) is 15.2. The maximum absolute atomic E-state index is 10.3. The van der Waals surface area contributed by atoms with Gasteiger partial charge in [-0.15, -0.1) is 0 Å². The standard InChI is InChI=1S/C19H32O3S/c1-2-15-22-16-12-10-8-6-4-3-5-7-9-11-13-17-23-18-14-19(20)21/h4-7,10,12H,2-3,8-9,11,13-18H2,1H3,(H,20,21). The van der Waals surface area contributed by atoms with Crippen LogP contribution in [0, 0.1) is 0 Å². The molecule has 23 heavy (non-hydrogen) atoms. The fourth-order valence-electron chi connectivity index (χ4n) is 1.75. The lowest BCUT2D eigenvalue weighted by molar-refractivity contribution is -0.136. The molecule has 0 unspecified atom stereocenters. The molecule has 0 aromatic rings. The molecule has 3 nitrogen and oxygen atoms in total. The molecule has 0 aromatic carbocycles. The van der Waals surface area contributed by atoms with Crippen molar-refractivity contribution in [3.63, 3.8) is 0 Å². The van der Waals surface area contributed by atoms with Crippen molar-refractivity contribution >= 4 is 17.7 Å². The van der Waals surface area contributed by atoms with Gasteiger partial charge in [0, 0.05) is 12.4 Å². The van der Waals surface area contributed by atoms with Crippen LogP contribution in [0.15, 0.2) is 36.5 Å². The predicted octanol–water partition coefficient (Wildman–Crippen LogP) is 5.24. The van der Waals surface area contributed by atoms with Gasteiger partial charge in [-0.25, -0.2) is 0 Å². The Labute approximate surface area is 145 Å². The highest BCUT2D eigenvalue weighted by Gasteiger charge is 1.95. The lowest BCUT2D eigenvalue weighted by Crippen LogP contribution is -1.96. The smallest absolute Gasteiger partial charge is 0.304 e. The van der Waals surface area contributed by atoms with E-state index in [9.17, 15) is 4.79 Å². The summed E-state index contributed by atoms with van der Waals surface area (Å²) in [6.45, 7) is 3.67. The minimum Gasteiger partial charge on any atom is -0.481 e. The molecule has 0 aliphatic carbocycles. The van der Waals surface area contributed by atoms with Crippen molar-refractivity contribution in [2.75, 3.05) is 24.7 Å². The second-order valence-electron chi connectivity index (χ2n) is 5.21. The quantitative estimate of drug-likeness (QED) is 0.308. The lowest BCUT2D eigenvalue weighted by Gasteiger charge is -1.98. The summed E-state index contributed by atoms with van der Waals surface area (Å²) in [7, 11) is 0. The Balaban J connectivity index is 3.27. The molecule has 0 radical (unpaired) electrons. The number of rotatable bonds is 16. The van der Waals surface area contributed by atoms with Crippen LogP contribution in [0.4, 0.5) is 0 Å². The van der Waals surface area contributed by atoms with Gasteiger partial charge in [0.05, 0.1) is 13.0 Å². The fraction of sp³-hybridized carbons (Fsp3) is 0.632. The van der Waals surface area contributed by atoms with Gasteiger partial charge in [-0.05, 0) is 44.3 Å². The van der Waals surface area contributed by atoms with Crippen LogP contribution in [0.1, 0.15) is 51.9 Å². The van der Waals surface area contributed by atoms with Crippen LogP contribution >= 0.6 is 11.8 Å². The Morgan fingerprint density at radius 2 is 1.70 bits per heavy atom. The molecule has 0 atom stereocenters. The number of allylic oxidation sites excluding steroid dienone is 5. The van der Waals surface area contributed by atoms with Crippen LogP contribution < -0.4 is 0 Å². The molecule has 4 heteroatoms. The molecule has 0 saturated carbocycles. The Hall–Kier alpha value is -1.00. The Morgan fingerprint density at radius 1 is 1.00 bits per heavy atom. The van der Waals surface area contributed by atoms with E-state index in [2.05, 4.69) is 43.4 Å². The SMILES string of the molecule is CCCOCC=CCC=CCC=CCCCCSCCC(=O)O. The highest BCUT2D eigenvalue weighted by Crippen LogP contribution is 2.08. The molecule has 0 aliphatic rings. The van der Waals surface area contributed by atoms with Crippen molar-refractivity contribution in [2.24, 2.45) is 0 Å². The number of carboxylic acids is 1. The van der Waals surface area contributed by atoms with Crippen molar-refractivity contribution in [3.8, 4) is 0 Å². The van der Waals surface area contributed by atoms with E-state index >= 15 is 0 Å². The van der Waals surface area contributed by atoms with Gasteiger partial charge >= 0.3 is 5.97 Å². The Bertz CT molecular complexity index is 349. The number of carboxylic acid groups (broad SMARTS) is 1. The van der Waals surface area contributed by atoms with Crippen molar-refractivity contribution in [2.45, 2.75) is 51.9 Å². The highest BCUT2D eigenvalue weighted by atomic mass is 32.2. The number of hydrogen-bond acceptors (Lipinski definition) is 3. The minimum absolute atomic E-state index is 0.276. The summed E-state index contributed by atoms with van der Waals surface area (Å²) in [5.74, 6) is 1.10. The van der Waals surface area contributed by atoms with Gasteiger partial charge in [-0.1, -0.05) is 43.4 Å². The summed E-state index contributed by atoms with van der Waals surface area (Å²) < 4.78 is 5.36. The van der Waals surface area contributed by atoms with Gasteiger partial charge in [-0.3, -0.25) is 4.79 Å². The Kier molecular flexibility index (Phi) is 18.2. The zero-order chi connectivity index (χ0) is 17.0. The van der Waals surface area contributed by atoms with Crippen molar-refractivity contribution in [3.05, 3.63) is 36.5 Å². The summed E-state index contributed by atoms with van der Waals surface area (Å²) in [6.07, 6.45) is 19.8. The van der Waals surface area contributed by atoms with Crippen molar-refractivity contribution < 1.29 is 14.6 Å². The van der Waals surface area contributed by atoms with Gasteiger partial charge in [0.2, 0.25) is 0 Å². The average molecular weight is 341 g/mol. The number of ether oxygens (including phenoxy) is 1. The molecule has 0 aromatic heterocycles. The number of unbranched alkanes of at least 4 members (excludes halogenated alkanes) is 2. The number of hydrogen-bond donors (Lipinski definition) is 1. The summed E-state index contributed by atoms with van der Waals surface area (Å²) in [4.78, 5) is 10.3.